The van der Waals surface area contributed by atoms with Gasteiger partial charge in [-0.25, -0.2) is 4.39 Å². The van der Waals surface area contributed by atoms with E-state index in [9.17, 15) is 9.18 Å². The highest BCUT2D eigenvalue weighted by Crippen LogP contribution is 2.29. The lowest BCUT2D eigenvalue weighted by Crippen LogP contribution is -2.35. The monoisotopic (exact) mass is 427 g/mol. The molecule has 8 heteroatoms. The van der Waals surface area contributed by atoms with E-state index in [1.807, 2.05) is 30.3 Å². The maximum atomic E-state index is 14.4. The highest BCUT2D eigenvalue weighted by molar-refractivity contribution is 7.99. The molecule has 0 atom stereocenters. The first-order chi connectivity index (χ1) is 14.6. The van der Waals surface area contributed by atoms with Crippen LogP contribution >= 0.6 is 11.8 Å². The molecule has 3 rings (SSSR count). The molecule has 3 aromatic rings. The summed E-state index contributed by atoms with van der Waals surface area (Å²) >= 11 is 1.28. The number of amides is 1. The minimum Gasteiger partial charge on any atom is -0.354 e. The van der Waals surface area contributed by atoms with Gasteiger partial charge in [-0.05, 0) is 37.4 Å². The number of carbonyl (C=O) groups excluding carboxylic acids is 1. The van der Waals surface area contributed by atoms with Crippen LogP contribution in [0.5, 0.6) is 0 Å². The van der Waals surface area contributed by atoms with Crippen LogP contribution in [0.15, 0.2) is 59.8 Å². The zero-order chi connectivity index (χ0) is 21.3. The van der Waals surface area contributed by atoms with Crippen molar-refractivity contribution in [2.24, 2.45) is 0 Å². The number of benzene rings is 2. The molecule has 1 amide bonds. The summed E-state index contributed by atoms with van der Waals surface area (Å²) in [5.74, 6) is 0.180. The van der Waals surface area contributed by atoms with Crippen molar-refractivity contribution in [1.82, 2.24) is 25.0 Å². The number of rotatable bonds is 10. The third-order valence-corrected chi connectivity index (χ3v) is 5.67. The Balaban J connectivity index is 1.76. The SMILES string of the molecule is CCN(CC)CCNC(=O)CSc1nnc(-c2ccccc2F)n1-c1ccccc1. The van der Waals surface area contributed by atoms with Gasteiger partial charge in [0.15, 0.2) is 11.0 Å². The van der Waals surface area contributed by atoms with Crippen molar-refractivity contribution in [2.45, 2.75) is 19.0 Å². The van der Waals surface area contributed by atoms with Crippen LogP contribution in [0, 0.1) is 5.82 Å². The summed E-state index contributed by atoms with van der Waals surface area (Å²) in [6.45, 7) is 7.55. The first-order valence-electron chi connectivity index (χ1n) is 10.0. The van der Waals surface area contributed by atoms with Gasteiger partial charge in [-0.1, -0.05) is 55.9 Å². The molecule has 6 nitrogen and oxygen atoms in total. The molecular weight excluding hydrogens is 401 g/mol. The number of hydrogen-bond acceptors (Lipinski definition) is 5. The van der Waals surface area contributed by atoms with Crippen molar-refractivity contribution < 1.29 is 9.18 Å². The van der Waals surface area contributed by atoms with Crippen molar-refractivity contribution in [3.05, 3.63) is 60.4 Å². The standard InChI is InChI=1S/C22H26FN5OS/c1-3-27(4-2)15-14-24-20(29)16-30-22-26-25-21(18-12-8-9-13-19(18)23)28(22)17-10-6-5-7-11-17/h5-13H,3-4,14-16H2,1-2H3,(H,24,29). The fourth-order valence-electron chi connectivity index (χ4n) is 3.06. The van der Waals surface area contributed by atoms with Crippen molar-refractivity contribution in [1.29, 1.82) is 0 Å². The van der Waals surface area contributed by atoms with Gasteiger partial charge in [0, 0.05) is 18.8 Å². The summed E-state index contributed by atoms with van der Waals surface area (Å²) in [7, 11) is 0. The number of likely N-dealkylation sites (N-methyl/N-ethyl adjacent to an activating group) is 1. The number of hydrogen-bond donors (Lipinski definition) is 1. The Hall–Kier alpha value is -2.71. The quantitative estimate of drug-likeness (QED) is 0.501. The van der Waals surface area contributed by atoms with Gasteiger partial charge in [-0.15, -0.1) is 10.2 Å². The van der Waals surface area contributed by atoms with Crippen LogP contribution < -0.4 is 5.32 Å². The van der Waals surface area contributed by atoms with Crippen LogP contribution in [0.2, 0.25) is 0 Å². The van der Waals surface area contributed by atoms with E-state index in [-0.39, 0.29) is 17.5 Å². The summed E-state index contributed by atoms with van der Waals surface area (Å²) < 4.78 is 16.2. The third kappa shape index (κ3) is 5.46. The van der Waals surface area contributed by atoms with Crippen molar-refractivity contribution in [2.75, 3.05) is 31.9 Å². The number of halogens is 1. The molecule has 1 N–H and O–H groups in total. The summed E-state index contributed by atoms with van der Waals surface area (Å²) in [5, 5.41) is 11.9. The molecule has 0 radical (unpaired) electrons. The summed E-state index contributed by atoms with van der Waals surface area (Å²) in [4.78, 5) is 14.5. The van der Waals surface area contributed by atoms with E-state index in [1.165, 1.54) is 17.8 Å². The summed E-state index contributed by atoms with van der Waals surface area (Å²) in [6.07, 6.45) is 0. The molecule has 0 fully saturated rings. The van der Waals surface area contributed by atoms with E-state index < -0.39 is 0 Å². The van der Waals surface area contributed by atoms with Crippen LogP contribution in [0.4, 0.5) is 4.39 Å². The number of thioether (sulfide) groups is 1. The molecule has 0 bridgehead atoms. The second-order valence-corrected chi connectivity index (χ2v) is 7.56. The number of carbonyl (C=O) groups is 1. The second-order valence-electron chi connectivity index (χ2n) is 6.62. The zero-order valence-corrected chi connectivity index (χ0v) is 18.0. The Morgan fingerprint density at radius 2 is 1.77 bits per heavy atom. The third-order valence-electron chi connectivity index (χ3n) is 4.74. The van der Waals surface area contributed by atoms with E-state index in [0.29, 0.717) is 23.1 Å². The molecule has 158 valence electrons. The smallest absolute Gasteiger partial charge is 0.230 e. The zero-order valence-electron chi connectivity index (χ0n) is 17.2. The van der Waals surface area contributed by atoms with E-state index >= 15 is 0 Å². The van der Waals surface area contributed by atoms with Gasteiger partial charge in [-0.3, -0.25) is 9.36 Å². The lowest BCUT2D eigenvalue weighted by molar-refractivity contribution is -0.118. The van der Waals surface area contributed by atoms with E-state index in [1.54, 1.807) is 22.8 Å². The fourth-order valence-corrected chi connectivity index (χ4v) is 3.85. The van der Waals surface area contributed by atoms with Crippen LogP contribution in [0.1, 0.15) is 13.8 Å². The minimum absolute atomic E-state index is 0.0674. The molecule has 0 saturated carbocycles. The van der Waals surface area contributed by atoms with Crippen molar-refractivity contribution in [3.63, 3.8) is 0 Å². The normalized spacial score (nSPS) is 11.1. The van der Waals surface area contributed by atoms with E-state index in [4.69, 9.17) is 0 Å². The molecule has 0 spiro atoms. The van der Waals surface area contributed by atoms with Crippen molar-refractivity contribution in [3.8, 4) is 17.1 Å². The molecule has 0 aliphatic carbocycles. The fraction of sp³-hybridized carbons (Fsp3) is 0.318. The minimum atomic E-state index is -0.368. The average Bonchev–Trinajstić information content (AvgIpc) is 3.20. The Kier molecular flexibility index (Phi) is 7.98. The van der Waals surface area contributed by atoms with Crippen LogP contribution in [0.3, 0.4) is 0 Å². The molecule has 1 aromatic heterocycles. The van der Waals surface area contributed by atoms with Crippen LogP contribution in [0.25, 0.3) is 17.1 Å². The Morgan fingerprint density at radius 3 is 2.47 bits per heavy atom. The van der Waals surface area contributed by atoms with Gasteiger partial charge in [0.2, 0.25) is 5.91 Å². The van der Waals surface area contributed by atoms with Gasteiger partial charge in [0.05, 0.1) is 11.3 Å². The van der Waals surface area contributed by atoms with E-state index in [2.05, 4.69) is 34.3 Å². The van der Waals surface area contributed by atoms with Gasteiger partial charge >= 0.3 is 0 Å². The van der Waals surface area contributed by atoms with Crippen LogP contribution in [-0.4, -0.2) is 57.5 Å². The predicted octanol–water partition coefficient (Wildman–Crippen LogP) is 3.62. The first-order valence-corrected chi connectivity index (χ1v) is 11.0. The Labute approximate surface area is 180 Å². The predicted molar refractivity (Wildman–Crippen MR) is 118 cm³/mol. The Bertz CT molecular complexity index is 959. The van der Waals surface area contributed by atoms with Crippen LogP contribution in [-0.2, 0) is 4.79 Å². The lowest BCUT2D eigenvalue weighted by atomic mass is 10.2. The highest BCUT2D eigenvalue weighted by atomic mass is 32.2. The topological polar surface area (TPSA) is 63.1 Å². The maximum absolute atomic E-state index is 14.4. The average molecular weight is 428 g/mol. The van der Waals surface area contributed by atoms with Crippen molar-refractivity contribution >= 4 is 17.7 Å². The Morgan fingerprint density at radius 1 is 1.07 bits per heavy atom. The van der Waals surface area contributed by atoms with Gasteiger partial charge < -0.3 is 10.2 Å². The van der Waals surface area contributed by atoms with Gasteiger partial charge in [-0.2, -0.15) is 0 Å². The molecular formula is C22H26FN5OS. The molecule has 0 unspecified atom stereocenters. The number of nitrogens with one attached hydrogen (secondary N) is 1. The molecule has 30 heavy (non-hydrogen) atoms. The number of para-hydroxylation sites is 1. The summed E-state index contributed by atoms with van der Waals surface area (Å²) in [5.41, 5.74) is 1.18. The second kappa shape index (κ2) is 10.9. The van der Waals surface area contributed by atoms with E-state index in [0.717, 1.165) is 25.3 Å². The molecule has 1 heterocycles. The number of nitrogens with zero attached hydrogens (tertiary/aromatic N) is 4. The first kappa shape index (κ1) is 22.0. The summed E-state index contributed by atoms with van der Waals surface area (Å²) in [6, 6.07) is 16.0. The molecule has 0 aliphatic heterocycles. The highest BCUT2D eigenvalue weighted by Gasteiger charge is 2.19. The molecule has 2 aromatic carbocycles. The van der Waals surface area contributed by atoms with Gasteiger partial charge in [0.1, 0.15) is 5.82 Å². The number of aromatic nitrogens is 3. The maximum Gasteiger partial charge on any atom is 0.230 e. The molecule has 0 saturated heterocycles. The largest absolute Gasteiger partial charge is 0.354 e. The van der Waals surface area contributed by atoms with Gasteiger partial charge in [0.25, 0.3) is 0 Å². The molecule has 0 aliphatic rings. The lowest BCUT2D eigenvalue weighted by Gasteiger charge is -2.17.